The lowest BCUT2D eigenvalue weighted by atomic mass is 10.1. The van der Waals surface area contributed by atoms with E-state index in [-0.39, 0.29) is 5.82 Å². The molecule has 0 radical (unpaired) electrons. The van der Waals surface area contributed by atoms with Gasteiger partial charge in [-0.15, -0.1) is 11.3 Å². The van der Waals surface area contributed by atoms with Crippen LogP contribution in [0.25, 0.3) is 0 Å². The average Bonchev–Trinajstić information content (AvgIpc) is 3.05. The number of guanidine groups is 1. The topological polar surface area (TPSA) is 49.3 Å². The Kier molecular flexibility index (Phi) is 7.68. The zero-order valence-electron chi connectivity index (χ0n) is 14.3. The van der Waals surface area contributed by atoms with Gasteiger partial charge in [-0.05, 0) is 37.5 Å². The summed E-state index contributed by atoms with van der Waals surface area (Å²) in [7, 11) is 0. The lowest BCUT2D eigenvalue weighted by Gasteiger charge is -2.11. The minimum Gasteiger partial charge on any atom is -0.357 e. The SMILES string of the molecule is CCNC(=NCCc1csc(CC)n1)NCCc1ccc(F)cc1. The van der Waals surface area contributed by atoms with Crippen LogP contribution in [0.5, 0.6) is 0 Å². The minimum absolute atomic E-state index is 0.199. The van der Waals surface area contributed by atoms with Crippen molar-refractivity contribution in [3.63, 3.8) is 0 Å². The maximum Gasteiger partial charge on any atom is 0.191 e. The maximum absolute atomic E-state index is 12.9. The van der Waals surface area contributed by atoms with Crippen LogP contribution in [-0.2, 0) is 19.3 Å². The van der Waals surface area contributed by atoms with Crippen LogP contribution in [0.1, 0.15) is 30.1 Å². The van der Waals surface area contributed by atoms with E-state index in [1.807, 2.05) is 19.1 Å². The second-order valence-electron chi connectivity index (χ2n) is 5.40. The fraction of sp³-hybridized carbons (Fsp3) is 0.444. The monoisotopic (exact) mass is 348 g/mol. The summed E-state index contributed by atoms with van der Waals surface area (Å²) >= 11 is 1.71. The molecular formula is C18H25FN4S. The zero-order valence-corrected chi connectivity index (χ0v) is 15.1. The molecule has 0 saturated carbocycles. The molecule has 0 fully saturated rings. The number of thiazole rings is 1. The van der Waals surface area contributed by atoms with E-state index >= 15 is 0 Å². The molecule has 0 aliphatic carbocycles. The van der Waals surface area contributed by atoms with Gasteiger partial charge in [0, 0.05) is 31.4 Å². The van der Waals surface area contributed by atoms with E-state index in [1.54, 1.807) is 11.3 Å². The van der Waals surface area contributed by atoms with Gasteiger partial charge in [0.05, 0.1) is 10.7 Å². The molecule has 130 valence electrons. The summed E-state index contributed by atoms with van der Waals surface area (Å²) in [5.74, 6) is 0.612. The number of rotatable bonds is 8. The Hall–Kier alpha value is -1.95. The fourth-order valence-electron chi connectivity index (χ4n) is 2.23. The predicted octanol–water partition coefficient (Wildman–Crippen LogP) is 3.18. The summed E-state index contributed by atoms with van der Waals surface area (Å²) in [5.41, 5.74) is 2.22. The summed E-state index contributed by atoms with van der Waals surface area (Å²) in [5, 5.41) is 9.85. The van der Waals surface area contributed by atoms with Gasteiger partial charge < -0.3 is 10.6 Å². The first-order chi connectivity index (χ1) is 11.7. The Morgan fingerprint density at radius 2 is 1.96 bits per heavy atom. The fourth-order valence-corrected chi connectivity index (χ4v) is 3.01. The molecule has 0 aliphatic rings. The first-order valence-corrected chi connectivity index (χ1v) is 9.29. The summed E-state index contributed by atoms with van der Waals surface area (Å²) < 4.78 is 12.9. The molecule has 0 atom stereocenters. The van der Waals surface area contributed by atoms with Crippen molar-refractivity contribution in [1.29, 1.82) is 0 Å². The van der Waals surface area contributed by atoms with Crippen molar-refractivity contribution in [2.24, 2.45) is 4.99 Å². The molecule has 2 rings (SSSR count). The van der Waals surface area contributed by atoms with Gasteiger partial charge in [-0.3, -0.25) is 4.99 Å². The summed E-state index contributed by atoms with van der Waals surface area (Å²) in [6, 6.07) is 6.61. The molecule has 6 heteroatoms. The lowest BCUT2D eigenvalue weighted by Crippen LogP contribution is -2.38. The molecule has 0 unspecified atom stereocenters. The molecule has 1 aromatic carbocycles. The van der Waals surface area contributed by atoms with E-state index in [2.05, 4.69) is 32.9 Å². The Morgan fingerprint density at radius 1 is 1.17 bits per heavy atom. The van der Waals surface area contributed by atoms with Crippen LogP contribution in [0.2, 0.25) is 0 Å². The molecule has 1 heterocycles. The highest BCUT2D eigenvalue weighted by molar-refractivity contribution is 7.09. The van der Waals surface area contributed by atoms with Crippen LogP contribution in [0, 0.1) is 5.82 Å². The van der Waals surface area contributed by atoms with Crippen molar-refractivity contribution >= 4 is 17.3 Å². The van der Waals surface area contributed by atoms with Gasteiger partial charge in [-0.2, -0.15) is 0 Å². The maximum atomic E-state index is 12.9. The number of nitrogens with zero attached hydrogens (tertiary/aromatic N) is 2. The number of aromatic nitrogens is 1. The molecule has 0 spiro atoms. The molecule has 2 N–H and O–H groups in total. The molecular weight excluding hydrogens is 323 g/mol. The molecule has 2 aromatic rings. The standard InChI is InChI=1S/C18H25FN4S/c1-3-17-23-16(13-24-17)10-12-22-18(20-4-2)21-11-9-14-5-7-15(19)8-6-14/h5-8,13H,3-4,9-12H2,1-2H3,(H2,20,21,22). The third-order valence-corrected chi connectivity index (χ3v) is 4.55. The second kappa shape index (κ2) is 10.0. The first kappa shape index (κ1) is 18.4. The average molecular weight is 348 g/mol. The van der Waals surface area contributed by atoms with E-state index in [1.165, 1.54) is 17.1 Å². The molecule has 1 aromatic heterocycles. The lowest BCUT2D eigenvalue weighted by molar-refractivity contribution is 0.626. The van der Waals surface area contributed by atoms with E-state index in [4.69, 9.17) is 0 Å². The number of halogens is 1. The number of hydrogen-bond donors (Lipinski definition) is 2. The number of aliphatic imine (C=N–C) groups is 1. The van der Waals surface area contributed by atoms with Gasteiger partial charge >= 0.3 is 0 Å². The van der Waals surface area contributed by atoms with Gasteiger partial charge in [0.25, 0.3) is 0 Å². The van der Waals surface area contributed by atoms with Crippen LogP contribution in [0.4, 0.5) is 4.39 Å². The van der Waals surface area contributed by atoms with Crippen LogP contribution in [0.3, 0.4) is 0 Å². The van der Waals surface area contributed by atoms with Crippen LogP contribution in [-0.4, -0.2) is 30.6 Å². The quantitative estimate of drug-likeness (QED) is 0.569. The van der Waals surface area contributed by atoms with Gasteiger partial charge in [0.2, 0.25) is 0 Å². The third kappa shape index (κ3) is 6.28. The summed E-state index contributed by atoms with van der Waals surface area (Å²) in [6.45, 7) is 6.45. The molecule has 4 nitrogen and oxygen atoms in total. The van der Waals surface area contributed by atoms with E-state index < -0.39 is 0 Å². The van der Waals surface area contributed by atoms with Gasteiger partial charge in [0.15, 0.2) is 5.96 Å². The molecule has 0 amide bonds. The highest BCUT2D eigenvalue weighted by Crippen LogP contribution is 2.10. The van der Waals surface area contributed by atoms with Crippen LogP contribution < -0.4 is 10.6 Å². The van der Waals surface area contributed by atoms with Crippen molar-refractivity contribution in [1.82, 2.24) is 15.6 Å². The second-order valence-corrected chi connectivity index (χ2v) is 6.34. The van der Waals surface area contributed by atoms with Crippen LogP contribution in [0.15, 0.2) is 34.6 Å². The predicted molar refractivity (Wildman–Crippen MR) is 99.3 cm³/mol. The van der Waals surface area contributed by atoms with E-state index in [0.717, 1.165) is 49.6 Å². The number of hydrogen-bond acceptors (Lipinski definition) is 3. The normalized spacial score (nSPS) is 11.5. The molecule has 0 saturated heterocycles. The minimum atomic E-state index is -0.199. The first-order valence-electron chi connectivity index (χ1n) is 8.41. The van der Waals surface area contributed by atoms with Crippen molar-refractivity contribution in [2.75, 3.05) is 19.6 Å². The molecule has 0 aliphatic heterocycles. The van der Waals surface area contributed by atoms with Gasteiger partial charge in [0.1, 0.15) is 5.82 Å². The van der Waals surface area contributed by atoms with Crippen molar-refractivity contribution < 1.29 is 4.39 Å². The Morgan fingerprint density at radius 3 is 2.62 bits per heavy atom. The van der Waals surface area contributed by atoms with Crippen LogP contribution >= 0.6 is 11.3 Å². The smallest absolute Gasteiger partial charge is 0.191 e. The Bertz CT molecular complexity index is 637. The Balaban J connectivity index is 1.78. The number of aryl methyl sites for hydroxylation is 1. The number of benzene rings is 1. The molecule has 0 bridgehead atoms. The van der Waals surface area contributed by atoms with Crippen molar-refractivity contribution in [2.45, 2.75) is 33.1 Å². The largest absolute Gasteiger partial charge is 0.357 e. The summed E-state index contributed by atoms with van der Waals surface area (Å²) in [6.07, 6.45) is 2.67. The summed E-state index contributed by atoms with van der Waals surface area (Å²) in [4.78, 5) is 9.15. The molecule has 24 heavy (non-hydrogen) atoms. The van der Waals surface area contributed by atoms with Crippen molar-refractivity contribution in [3.8, 4) is 0 Å². The third-order valence-electron chi connectivity index (χ3n) is 3.50. The number of nitrogens with one attached hydrogen (secondary N) is 2. The van der Waals surface area contributed by atoms with E-state index in [9.17, 15) is 4.39 Å². The highest BCUT2D eigenvalue weighted by Gasteiger charge is 2.01. The van der Waals surface area contributed by atoms with E-state index in [0.29, 0.717) is 6.54 Å². The highest BCUT2D eigenvalue weighted by atomic mass is 32.1. The Labute approximate surface area is 147 Å². The van der Waals surface area contributed by atoms with Gasteiger partial charge in [-0.1, -0.05) is 19.1 Å². The van der Waals surface area contributed by atoms with Gasteiger partial charge in [-0.25, -0.2) is 9.37 Å². The van der Waals surface area contributed by atoms with Crippen molar-refractivity contribution in [3.05, 3.63) is 51.7 Å². The zero-order chi connectivity index (χ0) is 17.2.